The number of carbonyl (C=O) groups excluding carboxylic acids is 1. The summed E-state index contributed by atoms with van der Waals surface area (Å²) in [5.41, 5.74) is 0.319. The molecule has 110 valence electrons. The van der Waals surface area contributed by atoms with Crippen molar-refractivity contribution in [3.63, 3.8) is 0 Å². The van der Waals surface area contributed by atoms with E-state index >= 15 is 0 Å². The summed E-state index contributed by atoms with van der Waals surface area (Å²) >= 11 is 0. The number of esters is 1. The van der Waals surface area contributed by atoms with Crippen molar-refractivity contribution >= 4 is 5.97 Å². The van der Waals surface area contributed by atoms with Crippen molar-refractivity contribution in [1.29, 1.82) is 10.5 Å². The molecule has 0 radical (unpaired) electrons. The summed E-state index contributed by atoms with van der Waals surface area (Å²) in [6, 6.07) is 11.5. The highest BCUT2D eigenvalue weighted by atomic mass is 16.5. The zero-order valence-corrected chi connectivity index (χ0v) is 12.7. The van der Waals surface area contributed by atoms with Gasteiger partial charge in [0.1, 0.15) is 0 Å². The first-order chi connectivity index (χ1) is 10.0. The van der Waals surface area contributed by atoms with Gasteiger partial charge in [0.25, 0.3) is 0 Å². The maximum atomic E-state index is 12.3. The van der Waals surface area contributed by atoms with Crippen molar-refractivity contribution in [3.8, 4) is 12.1 Å². The van der Waals surface area contributed by atoms with Crippen LogP contribution < -0.4 is 0 Å². The number of nitriles is 2. The van der Waals surface area contributed by atoms with Crippen LogP contribution in [0.2, 0.25) is 0 Å². The van der Waals surface area contributed by atoms with E-state index in [4.69, 9.17) is 10.00 Å². The minimum Gasteiger partial charge on any atom is -0.465 e. The van der Waals surface area contributed by atoms with Crippen molar-refractivity contribution < 1.29 is 9.53 Å². The van der Waals surface area contributed by atoms with Gasteiger partial charge in [-0.05, 0) is 30.4 Å². The number of ether oxygens (including phenoxy) is 1. The zero-order chi connectivity index (χ0) is 15.9. The number of benzene rings is 1. The Morgan fingerprint density at radius 1 is 1.29 bits per heavy atom. The predicted octanol–water partition coefficient (Wildman–Crippen LogP) is 3.44. The fourth-order valence-electron chi connectivity index (χ4n) is 2.18. The van der Waals surface area contributed by atoms with E-state index < -0.39 is 11.4 Å². The monoisotopic (exact) mass is 284 g/mol. The summed E-state index contributed by atoms with van der Waals surface area (Å²) in [5, 5.41) is 18.4. The summed E-state index contributed by atoms with van der Waals surface area (Å²) in [4.78, 5) is 12.3. The normalized spacial score (nSPS) is 13.0. The third kappa shape index (κ3) is 3.61. The molecule has 1 aromatic carbocycles. The summed E-state index contributed by atoms with van der Waals surface area (Å²) < 4.78 is 5.06. The Morgan fingerprint density at radius 3 is 2.33 bits per heavy atom. The Bertz CT molecular complexity index is 564. The van der Waals surface area contributed by atoms with Gasteiger partial charge in [-0.2, -0.15) is 10.5 Å². The second-order valence-electron chi connectivity index (χ2n) is 5.17. The molecule has 0 aliphatic carbocycles. The number of nitrogens with zero attached hydrogens (tertiary/aromatic N) is 2. The van der Waals surface area contributed by atoms with Crippen molar-refractivity contribution in [2.75, 3.05) is 6.61 Å². The SMILES string of the molecule is CCOC(=O)[C@@](C#N)(CCC#N)c1ccc(C(C)C)cc1. The molecule has 1 rings (SSSR count). The Hall–Kier alpha value is -2.33. The molecule has 1 atom stereocenters. The number of carbonyl (C=O) groups is 1. The zero-order valence-electron chi connectivity index (χ0n) is 12.7. The van der Waals surface area contributed by atoms with Gasteiger partial charge < -0.3 is 4.74 Å². The van der Waals surface area contributed by atoms with Crippen LogP contribution in [0.3, 0.4) is 0 Å². The van der Waals surface area contributed by atoms with Crippen molar-refractivity contribution in [2.24, 2.45) is 0 Å². The van der Waals surface area contributed by atoms with E-state index in [1.807, 2.05) is 18.2 Å². The summed E-state index contributed by atoms with van der Waals surface area (Å²) in [6.45, 7) is 6.06. The van der Waals surface area contributed by atoms with Gasteiger partial charge in [0.05, 0.1) is 18.7 Å². The summed E-state index contributed by atoms with van der Waals surface area (Å²) in [6.07, 6.45) is 0.262. The first-order valence-electron chi connectivity index (χ1n) is 7.07. The van der Waals surface area contributed by atoms with Crippen LogP contribution in [0, 0.1) is 22.7 Å². The molecular formula is C17H20N2O2. The van der Waals surface area contributed by atoms with E-state index in [-0.39, 0.29) is 19.4 Å². The molecule has 0 spiro atoms. The first kappa shape index (κ1) is 16.7. The summed E-state index contributed by atoms with van der Waals surface area (Å²) in [7, 11) is 0. The van der Waals surface area contributed by atoms with Crippen LogP contribution in [0.15, 0.2) is 24.3 Å². The molecule has 0 aliphatic rings. The Morgan fingerprint density at radius 2 is 1.90 bits per heavy atom. The maximum Gasteiger partial charge on any atom is 0.331 e. The summed E-state index contributed by atoms with van der Waals surface area (Å²) in [5.74, 6) is -0.211. The smallest absolute Gasteiger partial charge is 0.331 e. The van der Waals surface area contributed by atoms with Crippen LogP contribution in [-0.2, 0) is 14.9 Å². The van der Waals surface area contributed by atoms with Gasteiger partial charge in [-0.3, -0.25) is 0 Å². The van der Waals surface area contributed by atoms with E-state index in [0.29, 0.717) is 11.5 Å². The van der Waals surface area contributed by atoms with Crippen LogP contribution in [-0.4, -0.2) is 12.6 Å². The number of hydrogen-bond donors (Lipinski definition) is 0. The average Bonchev–Trinajstić information content (AvgIpc) is 2.49. The first-order valence-corrected chi connectivity index (χ1v) is 7.07. The molecule has 1 aromatic rings. The Kier molecular flexibility index (Phi) is 5.93. The Labute approximate surface area is 126 Å². The van der Waals surface area contributed by atoms with Gasteiger partial charge in [-0.15, -0.1) is 0 Å². The topological polar surface area (TPSA) is 73.9 Å². The van der Waals surface area contributed by atoms with E-state index in [0.717, 1.165) is 5.56 Å². The molecule has 0 aliphatic heterocycles. The van der Waals surface area contributed by atoms with Gasteiger partial charge in [0, 0.05) is 6.42 Å². The number of hydrogen-bond acceptors (Lipinski definition) is 4. The van der Waals surface area contributed by atoms with E-state index in [9.17, 15) is 10.1 Å². The molecule has 21 heavy (non-hydrogen) atoms. The van der Waals surface area contributed by atoms with E-state index in [1.54, 1.807) is 19.1 Å². The Balaban J connectivity index is 3.25. The van der Waals surface area contributed by atoms with Gasteiger partial charge in [0.15, 0.2) is 5.41 Å². The lowest BCUT2D eigenvalue weighted by atomic mass is 9.77. The number of rotatable bonds is 6. The van der Waals surface area contributed by atoms with Crippen molar-refractivity contribution in [1.82, 2.24) is 0 Å². The van der Waals surface area contributed by atoms with Crippen LogP contribution in [0.25, 0.3) is 0 Å². The van der Waals surface area contributed by atoms with Crippen LogP contribution in [0.4, 0.5) is 0 Å². The fraction of sp³-hybridized carbons (Fsp3) is 0.471. The second kappa shape index (κ2) is 7.45. The second-order valence-corrected chi connectivity index (χ2v) is 5.17. The molecule has 4 nitrogen and oxygen atoms in total. The molecule has 0 fully saturated rings. The molecule has 0 aromatic heterocycles. The molecule has 0 unspecified atom stereocenters. The van der Waals surface area contributed by atoms with Gasteiger partial charge in [-0.1, -0.05) is 38.1 Å². The molecule has 0 N–H and O–H groups in total. The molecule has 0 saturated heterocycles. The molecule has 0 amide bonds. The van der Waals surface area contributed by atoms with E-state index in [2.05, 4.69) is 19.9 Å². The third-order valence-electron chi connectivity index (χ3n) is 3.50. The van der Waals surface area contributed by atoms with Crippen LogP contribution >= 0.6 is 0 Å². The lowest BCUT2D eigenvalue weighted by molar-refractivity contribution is -0.148. The highest BCUT2D eigenvalue weighted by molar-refractivity contribution is 5.86. The molecule has 0 heterocycles. The maximum absolute atomic E-state index is 12.3. The van der Waals surface area contributed by atoms with Gasteiger partial charge >= 0.3 is 5.97 Å². The van der Waals surface area contributed by atoms with Crippen LogP contribution in [0.1, 0.15) is 50.7 Å². The minimum absolute atomic E-state index is 0.123. The average molecular weight is 284 g/mol. The quantitative estimate of drug-likeness (QED) is 0.750. The molecule has 4 heteroatoms. The van der Waals surface area contributed by atoms with Crippen LogP contribution in [0.5, 0.6) is 0 Å². The standard InChI is InChI=1S/C17H20N2O2/c1-4-21-16(20)17(12-19,10-5-11-18)15-8-6-14(7-9-15)13(2)3/h6-9,13H,4-5,10H2,1-3H3/t17-/m1/s1. The molecule has 0 bridgehead atoms. The molecule has 0 saturated carbocycles. The predicted molar refractivity (Wildman–Crippen MR) is 79.3 cm³/mol. The lowest BCUT2D eigenvalue weighted by Gasteiger charge is -2.24. The lowest BCUT2D eigenvalue weighted by Crippen LogP contribution is -2.36. The van der Waals surface area contributed by atoms with Gasteiger partial charge in [0.2, 0.25) is 0 Å². The fourth-order valence-corrected chi connectivity index (χ4v) is 2.18. The van der Waals surface area contributed by atoms with Crippen molar-refractivity contribution in [3.05, 3.63) is 35.4 Å². The molecular weight excluding hydrogens is 264 g/mol. The minimum atomic E-state index is -1.40. The highest BCUT2D eigenvalue weighted by Gasteiger charge is 2.42. The van der Waals surface area contributed by atoms with Crippen molar-refractivity contribution in [2.45, 2.75) is 44.9 Å². The van der Waals surface area contributed by atoms with E-state index in [1.165, 1.54) is 0 Å². The third-order valence-corrected chi connectivity index (χ3v) is 3.50. The van der Waals surface area contributed by atoms with Gasteiger partial charge in [-0.25, -0.2) is 4.79 Å². The largest absolute Gasteiger partial charge is 0.465 e. The highest BCUT2D eigenvalue weighted by Crippen LogP contribution is 2.31.